The summed E-state index contributed by atoms with van der Waals surface area (Å²) in [6, 6.07) is 64.2. The molecule has 0 atom stereocenters. The van der Waals surface area contributed by atoms with E-state index < -0.39 is 10.4 Å². The monoisotopic (exact) mass is 700 g/mol. The van der Waals surface area contributed by atoms with Crippen LogP contribution in [-0.4, -0.2) is 28.6 Å². The average molecular weight is 701 g/mol. The van der Waals surface area contributed by atoms with Gasteiger partial charge in [0.2, 0.25) is 0 Å². The van der Waals surface area contributed by atoms with E-state index in [4.69, 9.17) is 17.5 Å². The lowest BCUT2D eigenvalue weighted by Gasteiger charge is -2.27. The Labute approximate surface area is 303 Å². The smallest absolute Gasteiger partial charge is 0.107 e. The van der Waals surface area contributed by atoms with E-state index in [1.807, 2.05) is 0 Å². The highest BCUT2D eigenvalue weighted by Gasteiger charge is 2.31. The summed E-state index contributed by atoms with van der Waals surface area (Å²) in [5.74, 6) is 0. The summed E-state index contributed by atoms with van der Waals surface area (Å²) >= 11 is 0. The predicted octanol–water partition coefficient (Wildman–Crippen LogP) is 6.05. The maximum atomic E-state index is 8.52. The average Bonchev–Trinajstić information content (AvgIpc) is 3.10. The zero-order chi connectivity index (χ0) is 36.4. The van der Waals surface area contributed by atoms with Crippen molar-refractivity contribution in [3.8, 4) is 0 Å². The standard InChI is InChI=1S/2C22H23N.H2O4S/c2*23-22(16-19-10-4-1-5-11-19,17-20-12-6-2-7-13-20)18-21-14-8-3-9-15-21;1-5(2,3)4/h2*1-15H,16-18,23H2;(H2,1,2,3,4). The molecule has 7 heteroatoms. The molecule has 6 N–H and O–H groups in total. The Morgan fingerprint density at radius 2 is 0.451 bits per heavy atom. The van der Waals surface area contributed by atoms with Crippen LogP contribution in [0.1, 0.15) is 33.4 Å². The minimum Gasteiger partial charge on any atom is -0.759 e. The maximum absolute atomic E-state index is 8.52. The lowest BCUT2D eigenvalue weighted by atomic mass is 9.81. The van der Waals surface area contributed by atoms with Crippen molar-refractivity contribution in [3.63, 3.8) is 0 Å². The molecule has 0 saturated carbocycles. The van der Waals surface area contributed by atoms with Gasteiger partial charge in [-0.1, -0.05) is 182 Å². The molecule has 0 amide bonds. The molecule has 0 aromatic heterocycles. The van der Waals surface area contributed by atoms with Gasteiger partial charge in [0, 0.05) is 48.9 Å². The first-order valence-electron chi connectivity index (χ1n) is 17.1. The van der Waals surface area contributed by atoms with Gasteiger partial charge in [0.1, 0.15) is 11.1 Å². The molecule has 264 valence electrons. The Morgan fingerprint density at radius 3 is 0.569 bits per heavy atom. The summed E-state index contributed by atoms with van der Waals surface area (Å²) in [6.45, 7) is 0. The molecular weight excluding hydrogens is 653 g/mol. The van der Waals surface area contributed by atoms with Crippen molar-refractivity contribution < 1.29 is 29.0 Å². The second kappa shape index (κ2) is 19.5. The summed E-state index contributed by atoms with van der Waals surface area (Å²) in [6.07, 6.45) is 5.90. The highest BCUT2D eigenvalue weighted by molar-refractivity contribution is 7.79. The van der Waals surface area contributed by atoms with Crippen molar-refractivity contribution in [2.24, 2.45) is 0 Å². The number of quaternary nitrogens is 2. The van der Waals surface area contributed by atoms with Crippen LogP contribution in [-0.2, 0) is 48.9 Å². The van der Waals surface area contributed by atoms with E-state index in [9.17, 15) is 0 Å². The fraction of sp³-hybridized carbons (Fsp3) is 0.182. The number of hydrogen-bond donors (Lipinski definition) is 2. The molecular formula is C44H48N2O4S. The predicted molar refractivity (Wildman–Crippen MR) is 203 cm³/mol. The van der Waals surface area contributed by atoms with Crippen molar-refractivity contribution in [2.45, 2.75) is 49.6 Å². The zero-order valence-electron chi connectivity index (χ0n) is 29.0. The summed E-state index contributed by atoms with van der Waals surface area (Å²) in [5.41, 5.74) is 17.4. The van der Waals surface area contributed by atoms with E-state index in [0.717, 1.165) is 38.5 Å². The van der Waals surface area contributed by atoms with Gasteiger partial charge in [0.15, 0.2) is 0 Å². The quantitative estimate of drug-likeness (QED) is 0.119. The molecule has 6 rings (SSSR count). The first-order valence-corrected chi connectivity index (χ1v) is 18.4. The second-order valence-electron chi connectivity index (χ2n) is 13.4. The van der Waals surface area contributed by atoms with Crippen LogP contribution in [0.3, 0.4) is 0 Å². The van der Waals surface area contributed by atoms with E-state index in [2.05, 4.69) is 193 Å². The molecule has 0 radical (unpaired) electrons. The van der Waals surface area contributed by atoms with Gasteiger partial charge in [-0.05, 0) is 33.4 Å². The van der Waals surface area contributed by atoms with Crippen LogP contribution in [0.15, 0.2) is 182 Å². The molecule has 0 saturated heterocycles. The topological polar surface area (TPSA) is 136 Å². The number of rotatable bonds is 12. The third kappa shape index (κ3) is 15.7. The summed E-state index contributed by atoms with van der Waals surface area (Å²) in [4.78, 5) is 0. The zero-order valence-corrected chi connectivity index (χ0v) is 29.8. The molecule has 0 aliphatic rings. The van der Waals surface area contributed by atoms with Gasteiger partial charge >= 0.3 is 0 Å². The summed E-state index contributed by atoms with van der Waals surface area (Å²) in [5, 5.41) is 0. The van der Waals surface area contributed by atoms with Crippen molar-refractivity contribution in [3.05, 3.63) is 215 Å². The summed E-state index contributed by atoms with van der Waals surface area (Å²) < 4.78 is 34.1. The normalized spacial score (nSPS) is 11.4. The van der Waals surface area contributed by atoms with Gasteiger partial charge in [-0.25, -0.2) is 0 Å². The lowest BCUT2D eigenvalue weighted by molar-refractivity contribution is -0.478. The first-order chi connectivity index (χ1) is 24.5. The van der Waals surface area contributed by atoms with Crippen LogP contribution in [0, 0.1) is 0 Å². The van der Waals surface area contributed by atoms with Crippen LogP contribution >= 0.6 is 0 Å². The van der Waals surface area contributed by atoms with Crippen LogP contribution in [0.2, 0.25) is 0 Å². The fourth-order valence-electron chi connectivity index (χ4n) is 6.55. The molecule has 0 heterocycles. The van der Waals surface area contributed by atoms with E-state index >= 15 is 0 Å². The molecule has 6 aromatic rings. The molecule has 0 unspecified atom stereocenters. The van der Waals surface area contributed by atoms with Crippen LogP contribution in [0.5, 0.6) is 0 Å². The van der Waals surface area contributed by atoms with Crippen molar-refractivity contribution in [1.82, 2.24) is 0 Å². The highest BCUT2D eigenvalue weighted by atomic mass is 32.3. The minimum absolute atomic E-state index is 0.0376. The third-order valence-electron chi connectivity index (χ3n) is 8.53. The van der Waals surface area contributed by atoms with Gasteiger partial charge in [0.25, 0.3) is 0 Å². The van der Waals surface area contributed by atoms with E-state index in [1.54, 1.807) is 0 Å². The van der Waals surface area contributed by atoms with Crippen molar-refractivity contribution in [1.29, 1.82) is 0 Å². The largest absolute Gasteiger partial charge is 0.759 e. The van der Waals surface area contributed by atoms with Gasteiger partial charge in [-0.15, -0.1) is 0 Å². The maximum Gasteiger partial charge on any atom is 0.107 e. The molecule has 0 spiro atoms. The van der Waals surface area contributed by atoms with Gasteiger partial charge in [-0.2, -0.15) is 0 Å². The Morgan fingerprint density at radius 1 is 0.333 bits per heavy atom. The Kier molecular flexibility index (Phi) is 14.9. The fourth-order valence-corrected chi connectivity index (χ4v) is 6.55. The minimum atomic E-state index is -5.17. The van der Waals surface area contributed by atoms with Crippen LogP contribution < -0.4 is 11.5 Å². The Bertz CT molecular complexity index is 1590. The van der Waals surface area contributed by atoms with E-state index in [1.165, 1.54) is 33.4 Å². The van der Waals surface area contributed by atoms with Gasteiger partial charge < -0.3 is 20.6 Å². The summed E-state index contributed by atoms with van der Waals surface area (Å²) in [7, 11) is -5.17. The SMILES string of the molecule is O=S(=O)([O-])[O-].[NH3+]C(Cc1ccccc1)(Cc1ccccc1)Cc1ccccc1.[NH3+]C(Cc1ccccc1)(Cc1ccccc1)Cc1ccccc1. The molecule has 0 bridgehead atoms. The molecule has 0 aliphatic carbocycles. The van der Waals surface area contributed by atoms with Crippen molar-refractivity contribution >= 4 is 10.4 Å². The Hall–Kier alpha value is -4.89. The van der Waals surface area contributed by atoms with E-state index in [-0.39, 0.29) is 11.1 Å². The molecule has 0 fully saturated rings. The first kappa shape index (κ1) is 38.9. The highest BCUT2D eigenvalue weighted by Crippen LogP contribution is 2.22. The number of benzene rings is 6. The van der Waals surface area contributed by atoms with Crippen molar-refractivity contribution in [2.75, 3.05) is 0 Å². The van der Waals surface area contributed by atoms with Gasteiger partial charge in [-0.3, -0.25) is 8.42 Å². The number of hydrogen-bond acceptors (Lipinski definition) is 4. The van der Waals surface area contributed by atoms with E-state index in [0.29, 0.717) is 0 Å². The molecule has 6 nitrogen and oxygen atoms in total. The van der Waals surface area contributed by atoms with Gasteiger partial charge in [0.05, 0.1) is 0 Å². The van der Waals surface area contributed by atoms with Crippen LogP contribution in [0.25, 0.3) is 0 Å². The molecule has 0 aliphatic heterocycles. The van der Waals surface area contributed by atoms with Crippen LogP contribution in [0.4, 0.5) is 0 Å². The molecule has 51 heavy (non-hydrogen) atoms. The second-order valence-corrected chi connectivity index (χ2v) is 14.2. The Balaban J connectivity index is 0.000000202. The third-order valence-corrected chi connectivity index (χ3v) is 8.53. The lowest BCUT2D eigenvalue weighted by Crippen LogP contribution is -2.76. The molecule has 6 aromatic carbocycles.